The number of fused-ring (bicyclic) bond motifs is 1. The Hall–Kier alpha value is -1.88. The molecule has 23 heavy (non-hydrogen) atoms. The first-order valence-corrected chi connectivity index (χ1v) is 8.86. The lowest BCUT2D eigenvalue weighted by Gasteiger charge is -2.42. The minimum absolute atomic E-state index is 0.188. The van der Waals surface area contributed by atoms with Crippen LogP contribution in [0.1, 0.15) is 25.7 Å². The lowest BCUT2D eigenvalue weighted by molar-refractivity contribution is -0.143. The van der Waals surface area contributed by atoms with Gasteiger partial charge in [-0.1, -0.05) is 0 Å². The maximum Gasteiger partial charge on any atom is 0.362 e. The first kappa shape index (κ1) is 16.0. The minimum Gasteiger partial charge on any atom is -0.354 e. The van der Waals surface area contributed by atoms with E-state index in [4.69, 9.17) is 4.55 Å². The van der Waals surface area contributed by atoms with Crippen LogP contribution < -0.4 is 10.6 Å². The Morgan fingerprint density at radius 1 is 1.26 bits per heavy atom. The number of β-lactam (4-membered cyclic amide) rings is 1. The van der Waals surface area contributed by atoms with E-state index < -0.39 is 40.4 Å². The van der Waals surface area contributed by atoms with Gasteiger partial charge >= 0.3 is 16.3 Å². The summed E-state index contributed by atoms with van der Waals surface area (Å²) < 4.78 is 31.7. The summed E-state index contributed by atoms with van der Waals surface area (Å²) in [4.78, 5) is 37.3. The van der Waals surface area contributed by atoms with Gasteiger partial charge in [0.1, 0.15) is 12.1 Å². The molecule has 0 aromatic rings. The van der Waals surface area contributed by atoms with Crippen LogP contribution in [-0.2, 0) is 19.9 Å². The van der Waals surface area contributed by atoms with Crippen molar-refractivity contribution < 1.29 is 27.4 Å². The molecule has 0 aliphatic carbocycles. The van der Waals surface area contributed by atoms with Crippen molar-refractivity contribution in [3.8, 4) is 0 Å². The van der Waals surface area contributed by atoms with Gasteiger partial charge in [0.05, 0.1) is 6.04 Å². The predicted octanol–water partition coefficient (Wildman–Crippen LogP) is -1.55. The van der Waals surface area contributed by atoms with Crippen LogP contribution in [-0.4, -0.2) is 71.2 Å². The van der Waals surface area contributed by atoms with Gasteiger partial charge in [0.25, 0.3) is 5.91 Å². The first-order valence-electron chi connectivity index (χ1n) is 7.46. The molecule has 128 valence electrons. The van der Waals surface area contributed by atoms with Crippen LogP contribution in [0.4, 0.5) is 4.79 Å². The van der Waals surface area contributed by atoms with Crippen LogP contribution in [0.25, 0.3) is 0 Å². The number of likely N-dealkylation sites (tertiary alicyclic amines) is 1. The van der Waals surface area contributed by atoms with Gasteiger partial charge in [0.15, 0.2) is 0 Å². The van der Waals surface area contributed by atoms with E-state index in [0.717, 1.165) is 12.8 Å². The maximum atomic E-state index is 12.3. The monoisotopic (exact) mass is 346 g/mol. The second-order valence-electron chi connectivity index (χ2n) is 5.90. The highest BCUT2D eigenvalue weighted by Gasteiger charge is 2.60. The summed E-state index contributed by atoms with van der Waals surface area (Å²) in [5.74, 6) is -1.08. The summed E-state index contributed by atoms with van der Waals surface area (Å²) in [6.45, 7) is 0.759. The second kappa shape index (κ2) is 5.64. The fourth-order valence-corrected chi connectivity index (χ4v) is 4.25. The molecule has 3 fully saturated rings. The molecule has 10 nitrogen and oxygen atoms in total. The van der Waals surface area contributed by atoms with E-state index >= 15 is 0 Å². The predicted molar refractivity (Wildman–Crippen MR) is 76.5 cm³/mol. The molecule has 0 spiro atoms. The smallest absolute Gasteiger partial charge is 0.354 e. The molecule has 3 aliphatic rings. The summed E-state index contributed by atoms with van der Waals surface area (Å²) in [6, 6.07) is -2.85. The zero-order valence-corrected chi connectivity index (χ0v) is 13.1. The van der Waals surface area contributed by atoms with Crippen LogP contribution in [0, 0.1) is 0 Å². The van der Waals surface area contributed by atoms with Crippen LogP contribution in [0.5, 0.6) is 0 Å². The van der Waals surface area contributed by atoms with Gasteiger partial charge in [0.2, 0.25) is 5.91 Å². The highest BCUT2D eigenvalue weighted by Crippen LogP contribution is 2.35. The molecule has 0 aromatic carbocycles. The van der Waals surface area contributed by atoms with E-state index in [0.29, 0.717) is 17.3 Å². The van der Waals surface area contributed by atoms with Crippen molar-refractivity contribution in [2.45, 2.75) is 43.8 Å². The summed E-state index contributed by atoms with van der Waals surface area (Å²) in [6.07, 6.45) is 2.42. The highest BCUT2D eigenvalue weighted by atomic mass is 32.2. The lowest BCUT2D eigenvalue weighted by Crippen LogP contribution is -2.69. The number of carbonyl (C=O) groups is 3. The van der Waals surface area contributed by atoms with E-state index in [1.807, 2.05) is 0 Å². The third-order valence-corrected chi connectivity index (χ3v) is 5.43. The van der Waals surface area contributed by atoms with Crippen LogP contribution in [0.15, 0.2) is 0 Å². The number of hydrogen-bond donors (Lipinski definition) is 3. The maximum absolute atomic E-state index is 12.3. The zero-order valence-electron chi connectivity index (χ0n) is 12.3. The molecule has 3 rings (SSSR count). The average Bonchev–Trinajstić information content (AvgIpc) is 2.70. The van der Waals surface area contributed by atoms with Gasteiger partial charge in [-0.05, 0) is 25.7 Å². The summed E-state index contributed by atoms with van der Waals surface area (Å²) in [5.41, 5.74) is 0. The van der Waals surface area contributed by atoms with Crippen molar-refractivity contribution in [2.75, 3.05) is 13.1 Å². The number of rotatable bonds is 2. The fraction of sp³-hybridized carbons (Fsp3) is 0.750. The number of amides is 4. The molecule has 0 aromatic heterocycles. The first-order chi connectivity index (χ1) is 10.8. The van der Waals surface area contributed by atoms with Crippen molar-refractivity contribution in [1.82, 2.24) is 19.8 Å². The molecular weight excluding hydrogens is 328 g/mol. The molecule has 3 N–H and O–H groups in total. The molecule has 4 amide bonds. The molecule has 0 radical (unpaired) electrons. The van der Waals surface area contributed by atoms with E-state index in [1.165, 1.54) is 4.90 Å². The van der Waals surface area contributed by atoms with Gasteiger partial charge in [-0.25, -0.2) is 9.10 Å². The van der Waals surface area contributed by atoms with E-state index in [-0.39, 0.29) is 18.9 Å². The van der Waals surface area contributed by atoms with Gasteiger partial charge in [0, 0.05) is 13.1 Å². The molecule has 0 bridgehead atoms. The Morgan fingerprint density at radius 3 is 2.70 bits per heavy atom. The van der Waals surface area contributed by atoms with Crippen LogP contribution >= 0.6 is 0 Å². The molecule has 0 saturated carbocycles. The summed E-state index contributed by atoms with van der Waals surface area (Å²) in [5, 5.41) is 5.30. The molecule has 3 saturated heterocycles. The average molecular weight is 346 g/mol. The second-order valence-corrected chi connectivity index (χ2v) is 7.18. The Labute approximate surface area is 133 Å². The van der Waals surface area contributed by atoms with Crippen molar-refractivity contribution in [3.63, 3.8) is 0 Å². The SMILES string of the molecule is O=C1NCCCC[C@@H]1NC(=O)N1CCC2[C@H]1C(=O)N2S(=O)(=O)O. The third kappa shape index (κ3) is 2.74. The Balaban J connectivity index is 1.66. The summed E-state index contributed by atoms with van der Waals surface area (Å²) in [7, 11) is -4.60. The van der Waals surface area contributed by atoms with Crippen molar-refractivity contribution in [2.24, 2.45) is 0 Å². The Kier molecular flexibility index (Phi) is 3.92. The summed E-state index contributed by atoms with van der Waals surface area (Å²) >= 11 is 0. The minimum atomic E-state index is -4.60. The number of hydrogen-bond acceptors (Lipinski definition) is 5. The largest absolute Gasteiger partial charge is 0.362 e. The van der Waals surface area contributed by atoms with Crippen molar-refractivity contribution >= 4 is 28.1 Å². The van der Waals surface area contributed by atoms with Crippen LogP contribution in [0.2, 0.25) is 0 Å². The standard InChI is InChI=1S/C12H18N4O6S/c17-10-7(3-1-2-5-13-10)14-12(19)15-6-4-8-9(15)11(18)16(8)23(20,21)22/h7-9H,1-6H2,(H,13,17)(H,14,19)(H,20,21,22)/t7-,8?,9-/m0/s1. The zero-order chi connectivity index (χ0) is 16.8. The molecule has 3 aliphatic heterocycles. The van der Waals surface area contributed by atoms with Crippen molar-refractivity contribution in [3.05, 3.63) is 0 Å². The van der Waals surface area contributed by atoms with Crippen LogP contribution in [0.3, 0.4) is 0 Å². The molecular formula is C12H18N4O6S. The number of nitrogens with one attached hydrogen (secondary N) is 2. The van der Waals surface area contributed by atoms with Gasteiger partial charge in [-0.2, -0.15) is 8.42 Å². The number of urea groups is 1. The highest BCUT2D eigenvalue weighted by molar-refractivity contribution is 7.84. The molecule has 3 atom stereocenters. The lowest BCUT2D eigenvalue weighted by atomic mass is 10.0. The van der Waals surface area contributed by atoms with Gasteiger partial charge in [-0.3, -0.25) is 14.1 Å². The fourth-order valence-electron chi connectivity index (χ4n) is 3.35. The van der Waals surface area contributed by atoms with E-state index in [1.54, 1.807) is 0 Å². The van der Waals surface area contributed by atoms with Gasteiger partial charge in [-0.15, -0.1) is 0 Å². The number of nitrogens with zero attached hydrogens (tertiary/aromatic N) is 2. The van der Waals surface area contributed by atoms with Crippen molar-refractivity contribution in [1.29, 1.82) is 0 Å². The topological polar surface area (TPSA) is 136 Å². The number of carbonyl (C=O) groups excluding carboxylic acids is 3. The van der Waals surface area contributed by atoms with E-state index in [2.05, 4.69) is 10.6 Å². The molecule has 11 heteroatoms. The molecule has 1 unspecified atom stereocenters. The third-order valence-electron chi connectivity index (χ3n) is 4.48. The quantitative estimate of drug-likeness (QED) is 0.409. The normalized spacial score (nSPS) is 31.1. The van der Waals surface area contributed by atoms with E-state index in [9.17, 15) is 22.8 Å². The molecule has 3 heterocycles. The Morgan fingerprint density at radius 2 is 2.00 bits per heavy atom. The van der Waals surface area contributed by atoms with Gasteiger partial charge < -0.3 is 15.5 Å². The Bertz CT molecular complexity index is 650.